The molecule has 0 aliphatic carbocycles. The largest absolute Gasteiger partial charge is 0.308 e. The van der Waals surface area contributed by atoms with E-state index in [-0.39, 0.29) is 0 Å². The van der Waals surface area contributed by atoms with Crippen LogP contribution in [-0.4, -0.2) is 0 Å². The van der Waals surface area contributed by atoms with Crippen LogP contribution >= 0.6 is 11.3 Å². The summed E-state index contributed by atoms with van der Waals surface area (Å²) in [6.45, 7) is 0. The van der Waals surface area contributed by atoms with Gasteiger partial charge in [-0.25, -0.2) is 0 Å². The Morgan fingerprint density at radius 2 is 1.07 bits per heavy atom. The second-order valence-corrected chi connectivity index (χ2v) is 11.6. The summed E-state index contributed by atoms with van der Waals surface area (Å²) in [6, 6.07) is 59.2. The van der Waals surface area contributed by atoms with Crippen LogP contribution < -0.4 is 4.90 Å². The lowest BCUT2D eigenvalue weighted by molar-refractivity contribution is 1.30. The van der Waals surface area contributed by atoms with Crippen molar-refractivity contribution in [2.45, 2.75) is 0 Å². The van der Waals surface area contributed by atoms with Crippen LogP contribution in [0.1, 0.15) is 0 Å². The first-order valence-electron chi connectivity index (χ1n) is 14.3. The molecule has 42 heavy (non-hydrogen) atoms. The summed E-state index contributed by atoms with van der Waals surface area (Å²) in [5.74, 6) is 0. The molecule has 0 saturated carbocycles. The molecule has 7 aromatic carbocycles. The zero-order chi connectivity index (χ0) is 27.9. The van der Waals surface area contributed by atoms with Gasteiger partial charge >= 0.3 is 0 Å². The molecule has 0 amide bonds. The number of para-hydroxylation sites is 1. The molecule has 0 unspecified atom stereocenters. The first-order valence-corrected chi connectivity index (χ1v) is 15.1. The molecule has 198 valence electrons. The maximum absolute atomic E-state index is 2.45. The predicted octanol–water partition coefficient (Wildman–Crippen LogP) is 12.0. The van der Waals surface area contributed by atoms with Crippen LogP contribution in [0.3, 0.4) is 0 Å². The SMILES string of the molecule is c1ccc(-c2ccccc2N(c2cccc(-c3ccc4ccccc4c3)c2)c2cccc3c2sc2ccccc23)cc1. The molecule has 0 radical (unpaired) electrons. The van der Waals surface area contributed by atoms with E-state index < -0.39 is 0 Å². The Morgan fingerprint density at radius 3 is 2.00 bits per heavy atom. The Kier molecular flexibility index (Phi) is 6.05. The van der Waals surface area contributed by atoms with E-state index in [1.807, 2.05) is 11.3 Å². The molecule has 1 aromatic heterocycles. The van der Waals surface area contributed by atoms with E-state index in [0.717, 1.165) is 11.4 Å². The third-order valence-electron chi connectivity index (χ3n) is 8.04. The van der Waals surface area contributed by atoms with Gasteiger partial charge in [-0.05, 0) is 63.9 Å². The number of anilines is 3. The lowest BCUT2D eigenvalue weighted by Crippen LogP contribution is -2.11. The molecule has 0 spiro atoms. The summed E-state index contributed by atoms with van der Waals surface area (Å²) in [4.78, 5) is 2.45. The van der Waals surface area contributed by atoms with Crippen LogP contribution in [0, 0.1) is 0 Å². The second-order valence-electron chi connectivity index (χ2n) is 10.6. The van der Waals surface area contributed by atoms with Gasteiger partial charge in [0.1, 0.15) is 0 Å². The van der Waals surface area contributed by atoms with Gasteiger partial charge in [0.15, 0.2) is 0 Å². The third-order valence-corrected chi connectivity index (χ3v) is 9.25. The average molecular weight is 554 g/mol. The zero-order valence-corrected chi connectivity index (χ0v) is 23.8. The molecule has 1 heterocycles. The highest BCUT2D eigenvalue weighted by atomic mass is 32.1. The van der Waals surface area contributed by atoms with Crippen molar-refractivity contribution in [3.63, 3.8) is 0 Å². The Morgan fingerprint density at radius 1 is 0.405 bits per heavy atom. The quantitative estimate of drug-likeness (QED) is 0.205. The average Bonchev–Trinajstić information content (AvgIpc) is 3.45. The Labute approximate surface area is 249 Å². The van der Waals surface area contributed by atoms with E-state index in [0.29, 0.717) is 0 Å². The summed E-state index contributed by atoms with van der Waals surface area (Å²) < 4.78 is 2.60. The number of nitrogens with zero attached hydrogens (tertiary/aromatic N) is 1. The van der Waals surface area contributed by atoms with Gasteiger partial charge in [0, 0.05) is 26.7 Å². The summed E-state index contributed by atoms with van der Waals surface area (Å²) in [7, 11) is 0. The van der Waals surface area contributed by atoms with E-state index in [1.54, 1.807) is 0 Å². The molecule has 8 rings (SSSR count). The molecule has 0 saturated heterocycles. The van der Waals surface area contributed by atoms with Crippen molar-refractivity contribution in [3.8, 4) is 22.3 Å². The van der Waals surface area contributed by atoms with E-state index in [2.05, 4.69) is 169 Å². The molecule has 0 atom stereocenters. The van der Waals surface area contributed by atoms with Gasteiger partial charge in [0.05, 0.1) is 16.1 Å². The predicted molar refractivity (Wildman–Crippen MR) is 182 cm³/mol. The summed E-state index contributed by atoms with van der Waals surface area (Å²) >= 11 is 1.87. The fourth-order valence-electron chi connectivity index (χ4n) is 6.04. The van der Waals surface area contributed by atoms with Gasteiger partial charge in [-0.15, -0.1) is 11.3 Å². The van der Waals surface area contributed by atoms with Gasteiger partial charge in [0.2, 0.25) is 0 Å². The molecule has 0 fully saturated rings. The van der Waals surface area contributed by atoms with Gasteiger partial charge in [-0.3, -0.25) is 0 Å². The normalized spacial score (nSPS) is 11.3. The van der Waals surface area contributed by atoms with Crippen molar-refractivity contribution < 1.29 is 0 Å². The van der Waals surface area contributed by atoms with Crippen LogP contribution in [0.5, 0.6) is 0 Å². The van der Waals surface area contributed by atoms with Crippen molar-refractivity contribution in [1.82, 2.24) is 0 Å². The number of thiophene rings is 1. The zero-order valence-electron chi connectivity index (χ0n) is 22.9. The second kappa shape index (κ2) is 10.3. The fraction of sp³-hybridized carbons (Fsp3) is 0. The van der Waals surface area contributed by atoms with E-state index >= 15 is 0 Å². The van der Waals surface area contributed by atoms with Crippen LogP contribution in [0.15, 0.2) is 164 Å². The number of rotatable bonds is 5. The molecule has 0 N–H and O–H groups in total. The van der Waals surface area contributed by atoms with Crippen molar-refractivity contribution >= 4 is 59.3 Å². The highest BCUT2D eigenvalue weighted by Crippen LogP contribution is 2.47. The highest BCUT2D eigenvalue weighted by Gasteiger charge is 2.21. The molecule has 2 heteroatoms. The minimum atomic E-state index is 1.13. The molecular formula is C40H27NS. The first kappa shape index (κ1) is 24.6. The summed E-state index contributed by atoms with van der Waals surface area (Å²) in [6.07, 6.45) is 0. The minimum Gasteiger partial charge on any atom is -0.308 e. The standard InChI is InChI=1S/C40H27NS/c1-2-13-29(14-3-1)34-18-6-8-21-37(34)41(38-22-11-20-36-35-19-7-9-23-39(35)42-40(36)38)33-17-10-16-31(27-33)32-25-24-28-12-4-5-15-30(28)26-32/h1-27H. The first-order chi connectivity index (χ1) is 20.8. The summed E-state index contributed by atoms with van der Waals surface area (Å²) in [5, 5.41) is 5.11. The highest BCUT2D eigenvalue weighted by molar-refractivity contribution is 7.26. The molecule has 1 nitrogen and oxygen atoms in total. The Balaban J connectivity index is 1.38. The Bertz CT molecular complexity index is 2210. The molecule has 8 aromatic rings. The van der Waals surface area contributed by atoms with Crippen LogP contribution in [0.25, 0.3) is 53.2 Å². The number of hydrogen-bond donors (Lipinski definition) is 0. The van der Waals surface area contributed by atoms with Gasteiger partial charge < -0.3 is 4.90 Å². The van der Waals surface area contributed by atoms with E-state index in [1.165, 1.54) is 58.9 Å². The monoisotopic (exact) mass is 553 g/mol. The molecule has 0 aliphatic heterocycles. The number of hydrogen-bond acceptors (Lipinski definition) is 2. The fourth-order valence-corrected chi connectivity index (χ4v) is 7.25. The molecule has 0 bridgehead atoms. The van der Waals surface area contributed by atoms with Gasteiger partial charge in [0.25, 0.3) is 0 Å². The third kappa shape index (κ3) is 4.25. The van der Waals surface area contributed by atoms with E-state index in [4.69, 9.17) is 0 Å². The molecule has 0 aliphatic rings. The van der Waals surface area contributed by atoms with Crippen LogP contribution in [0.2, 0.25) is 0 Å². The summed E-state index contributed by atoms with van der Waals surface area (Å²) in [5.41, 5.74) is 8.29. The topological polar surface area (TPSA) is 3.24 Å². The van der Waals surface area contributed by atoms with E-state index in [9.17, 15) is 0 Å². The molecular weight excluding hydrogens is 527 g/mol. The lowest BCUT2D eigenvalue weighted by Gasteiger charge is -2.29. The van der Waals surface area contributed by atoms with Gasteiger partial charge in [-0.2, -0.15) is 0 Å². The van der Waals surface area contributed by atoms with Crippen molar-refractivity contribution in [2.24, 2.45) is 0 Å². The number of benzene rings is 7. The van der Waals surface area contributed by atoms with Crippen molar-refractivity contribution in [3.05, 3.63) is 164 Å². The lowest BCUT2D eigenvalue weighted by atomic mass is 9.99. The van der Waals surface area contributed by atoms with Crippen molar-refractivity contribution in [2.75, 3.05) is 4.90 Å². The van der Waals surface area contributed by atoms with Gasteiger partial charge in [-0.1, -0.05) is 127 Å². The van der Waals surface area contributed by atoms with Crippen LogP contribution in [0.4, 0.5) is 17.1 Å². The van der Waals surface area contributed by atoms with Crippen molar-refractivity contribution in [1.29, 1.82) is 0 Å². The minimum absolute atomic E-state index is 1.13. The number of fused-ring (bicyclic) bond motifs is 4. The smallest absolute Gasteiger partial charge is 0.0640 e. The maximum Gasteiger partial charge on any atom is 0.0640 e. The maximum atomic E-state index is 2.45. The Hall–Kier alpha value is -5.18. The van der Waals surface area contributed by atoms with Crippen LogP contribution in [-0.2, 0) is 0 Å².